The number of benzene rings is 3. The van der Waals surface area contributed by atoms with Crippen LogP contribution in [0.25, 0.3) is 44.4 Å². The molecule has 2 bridgehead atoms. The van der Waals surface area contributed by atoms with Crippen LogP contribution in [-0.4, -0.2) is 62.6 Å². The number of amides is 2. The fourth-order valence-electron chi connectivity index (χ4n) is 8.91. The van der Waals surface area contributed by atoms with Crippen molar-refractivity contribution in [3.8, 4) is 33.6 Å². The molecule has 0 unspecified atom stereocenters. The first-order chi connectivity index (χ1) is 24.8. The lowest BCUT2D eigenvalue weighted by molar-refractivity contribution is -0.139. The molecular formula is C41H45N7O3. The Morgan fingerprint density at radius 1 is 0.863 bits per heavy atom. The van der Waals surface area contributed by atoms with E-state index in [1.165, 1.54) is 42.9 Å². The minimum absolute atomic E-state index is 0.0692. The summed E-state index contributed by atoms with van der Waals surface area (Å²) >= 11 is 0. The van der Waals surface area contributed by atoms with Gasteiger partial charge in [0.1, 0.15) is 17.7 Å². The van der Waals surface area contributed by atoms with Crippen molar-refractivity contribution in [2.45, 2.75) is 76.5 Å². The van der Waals surface area contributed by atoms with Crippen LogP contribution in [0.4, 0.5) is 4.79 Å². The molecule has 2 amide bonds. The number of carbonyl (C=O) groups is 2. The fourth-order valence-corrected chi connectivity index (χ4v) is 8.91. The summed E-state index contributed by atoms with van der Waals surface area (Å²) in [5, 5.41) is 8.74. The maximum atomic E-state index is 13.9. The Bertz CT molecular complexity index is 2110. The molecule has 4 N–H and O–H groups in total. The number of ether oxygens (including phenoxy) is 1. The van der Waals surface area contributed by atoms with Gasteiger partial charge in [0, 0.05) is 18.2 Å². The third kappa shape index (κ3) is 5.79. The number of nitrogens with one attached hydrogen (secondary N) is 4. The number of piperidine rings is 1. The summed E-state index contributed by atoms with van der Waals surface area (Å²) in [5.41, 5.74) is 7.03. The molecule has 262 valence electrons. The molecule has 4 fully saturated rings. The van der Waals surface area contributed by atoms with Crippen LogP contribution in [-0.2, 0) is 9.53 Å². The molecule has 9 rings (SSSR count). The molecule has 10 heteroatoms. The van der Waals surface area contributed by atoms with Crippen molar-refractivity contribution in [1.29, 1.82) is 0 Å². The number of hydrogen-bond donors (Lipinski definition) is 4. The Hall–Kier alpha value is -4.96. The molecular weight excluding hydrogens is 638 g/mol. The SMILES string of the molecule is COC(=O)N[C@H](C(=O)N1[C@@H]2CC[C@@H](C2)[C@H]1c1ncc(-c2ccc3cc(-c4ccc(-c5cnc([C@@H]6CC7(CC7)CN6)[nH]5)cc4)ccc3c2)[nH]1)C(C)C. The average Bonchev–Trinajstić information content (AvgIpc) is 3.79. The van der Waals surface area contributed by atoms with Crippen molar-refractivity contribution < 1.29 is 14.3 Å². The number of aromatic amines is 2. The van der Waals surface area contributed by atoms with Gasteiger partial charge in [-0.2, -0.15) is 0 Å². The summed E-state index contributed by atoms with van der Waals surface area (Å²) in [6.07, 6.45) is 10.1. The molecule has 51 heavy (non-hydrogen) atoms. The highest BCUT2D eigenvalue weighted by Gasteiger charge is 2.52. The van der Waals surface area contributed by atoms with Gasteiger partial charge in [0.2, 0.25) is 5.91 Å². The van der Waals surface area contributed by atoms with E-state index in [1.807, 2.05) is 31.1 Å². The first kappa shape index (κ1) is 32.0. The third-order valence-electron chi connectivity index (χ3n) is 12.0. The molecule has 2 aromatic heterocycles. The van der Waals surface area contributed by atoms with Crippen LogP contribution in [0.2, 0.25) is 0 Å². The number of fused-ring (bicyclic) bond motifs is 3. The number of imidazole rings is 2. The molecule has 2 aliphatic carbocycles. The lowest BCUT2D eigenvalue weighted by atomic mass is 9.95. The smallest absolute Gasteiger partial charge is 0.407 e. The number of hydrogen-bond acceptors (Lipinski definition) is 6. The number of nitrogens with zero attached hydrogens (tertiary/aromatic N) is 3. The van der Waals surface area contributed by atoms with Crippen LogP contribution in [0.1, 0.15) is 76.1 Å². The van der Waals surface area contributed by atoms with Gasteiger partial charge >= 0.3 is 6.09 Å². The van der Waals surface area contributed by atoms with Gasteiger partial charge in [0.05, 0.1) is 43.0 Å². The molecule has 5 aromatic rings. The summed E-state index contributed by atoms with van der Waals surface area (Å²) in [6.45, 7) is 5.00. The topological polar surface area (TPSA) is 128 Å². The maximum absolute atomic E-state index is 13.9. The highest BCUT2D eigenvalue weighted by atomic mass is 16.5. The van der Waals surface area contributed by atoms with E-state index in [4.69, 9.17) is 14.7 Å². The van der Waals surface area contributed by atoms with Gasteiger partial charge in [0.15, 0.2) is 0 Å². The van der Waals surface area contributed by atoms with Crippen LogP contribution in [0.15, 0.2) is 73.1 Å². The van der Waals surface area contributed by atoms with Crippen LogP contribution >= 0.6 is 0 Å². The molecule has 0 radical (unpaired) electrons. The predicted molar refractivity (Wildman–Crippen MR) is 196 cm³/mol. The highest BCUT2D eigenvalue weighted by molar-refractivity contribution is 5.91. The highest BCUT2D eigenvalue weighted by Crippen LogP contribution is 2.54. The number of likely N-dealkylation sites (tertiary alicyclic amines) is 1. The first-order valence-corrected chi connectivity index (χ1v) is 18.4. The molecule has 1 spiro atoms. The van der Waals surface area contributed by atoms with E-state index in [0.29, 0.717) is 17.4 Å². The minimum atomic E-state index is -0.657. The van der Waals surface area contributed by atoms with Crippen molar-refractivity contribution >= 4 is 22.8 Å². The summed E-state index contributed by atoms with van der Waals surface area (Å²) in [4.78, 5) is 44.7. The molecule has 10 nitrogen and oxygen atoms in total. The van der Waals surface area contributed by atoms with Crippen molar-refractivity contribution in [3.05, 3.63) is 84.7 Å². The number of carbonyl (C=O) groups excluding carboxylic acids is 2. The average molecular weight is 684 g/mol. The van der Waals surface area contributed by atoms with Crippen LogP contribution in [0.5, 0.6) is 0 Å². The van der Waals surface area contributed by atoms with Crippen LogP contribution < -0.4 is 10.6 Å². The first-order valence-electron chi connectivity index (χ1n) is 18.4. The predicted octanol–water partition coefficient (Wildman–Crippen LogP) is 7.53. The summed E-state index contributed by atoms with van der Waals surface area (Å²) in [6, 6.07) is 21.5. The summed E-state index contributed by atoms with van der Waals surface area (Å²) in [5.74, 6) is 2.04. The Morgan fingerprint density at radius 3 is 2.22 bits per heavy atom. The van der Waals surface area contributed by atoms with E-state index in [0.717, 1.165) is 65.4 Å². The van der Waals surface area contributed by atoms with Gasteiger partial charge in [-0.05, 0) is 95.4 Å². The second kappa shape index (κ2) is 12.4. The monoisotopic (exact) mass is 683 g/mol. The lowest BCUT2D eigenvalue weighted by Crippen LogP contribution is -2.54. The van der Waals surface area contributed by atoms with Crippen molar-refractivity contribution in [1.82, 2.24) is 35.5 Å². The van der Waals surface area contributed by atoms with Crippen molar-refractivity contribution in [2.24, 2.45) is 17.3 Å². The lowest BCUT2D eigenvalue weighted by Gasteiger charge is -2.37. The number of aromatic nitrogens is 4. The van der Waals surface area contributed by atoms with E-state index in [-0.39, 0.29) is 23.9 Å². The summed E-state index contributed by atoms with van der Waals surface area (Å²) < 4.78 is 4.82. The minimum Gasteiger partial charge on any atom is -0.453 e. The number of alkyl carbamates (subject to hydrolysis) is 1. The van der Waals surface area contributed by atoms with Gasteiger partial charge in [-0.3, -0.25) is 4.79 Å². The third-order valence-corrected chi connectivity index (χ3v) is 12.0. The van der Waals surface area contributed by atoms with Gasteiger partial charge in [0.25, 0.3) is 0 Å². The van der Waals surface area contributed by atoms with E-state index >= 15 is 0 Å². The van der Waals surface area contributed by atoms with Crippen molar-refractivity contribution in [2.75, 3.05) is 13.7 Å². The zero-order chi connectivity index (χ0) is 34.9. The Morgan fingerprint density at radius 2 is 1.51 bits per heavy atom. The molecule has 2 saturated carbocycles. The van der Waals surface area contributed by atoms with Crippen LogP contribution in [0, 0.1) is 17.3 Å². The number of rotatable bonds is 8. The molecule has 2 saturated heterocycles. The quantitative estimate of drug-likeness (QED) is 0.134. The second-order valence-electron chi connectivity index (χ2n) is 15.6. The zero-order valence-electron chi connectivity index (χ0n) is 29.4. The van der Waals surface area contributed by atoms with E-state index < -0.39 is 12.1 Å². The zero-order valence-corrected chi connectivity index (χ0v) is 29.4. The normalized spacial score (nSPS) is 23.7. The van der Waals surface area contributed by atoms with E-state index in [9.17, 15) is 9.59 Å². The van der Waals surface area contributed by atoms with E-state index in [1.54, 1.807) is 0 Å². The standard InChI is InChI=1S/C41H45N7O3/c1-23(2)35(47-40(50)51-3)39(49)48-31-13-12-30(18-31)36(48)38-43-21-34(46-38)29-11-10-27-16-26(8-9-28(27)17-29)24-4-6-25(7-5-24)33-20-42-37(45-33)32-19-41(14-15-41)22-44-32/h4-11,16-17,20-21,23,30-32,35-36,44H,12-15,18-19,22H2,1-3H3,(H,42,45)(H,43,46)(H,47,50)/t30-,31+,32-,35-,36-/m0/s1. The van der Waals surface area contributed by atoms with Gasteiger partial charge < -0.3 is 30.2 Å². The van der Waals surface area contributed by atoms with Gasteiger partial charge in [-0.15, -0.1) is 0 Å². The maximum Gasteiger partial charge on any atom is 0.407 e. The largest absolute Gasteiger partial charge is 0.453 e. The summed E-state index contributed by atoms with van der Waals surface area (Å²) in [7, 11) is 1.32. The molecule has 5 atom stereocenters. The van der Waals surface area contributed by atoms with Crippen molar-refractivity contribution in [3.63, 3.8) is 0 Å². The number of H-pyrrole nitrogens is 2. The number of methoxy groups -OCH3 is 1. The molecule has 2 aliphatic heterocycles. The van der Waals surface area contributed by atoms with Crippen LogP contribution in [0.3, 0.4) is 0 Å². The molecule has 3 aromatic carbocycles. The van der Waals surface area contributed by atoms with Gasteiger partial charge in [-0.1, -0.05) is 62.4 Å². The molecule has 4 aliphatic rings. The second-order valence-corrected chi connectivity index (χ2v) is 15.6. The van der Waals surface area contributed by atoms with Gasteiger partial charge in [-0.25, -0.2) is 14.8 Å². The Balaban J connectivity index is 0.913. The Kier molecular flexibility index (Phi) is 7.76. The fraction of sp³-hybridized carbons (Fsp3) is 0.415. The molecule has 4 heterocycles. The van der Waals surface area contributed by atoms with E-state index in [2.05, 4.69) is 81.3 Å². The Labute approximate surface area is 297 Å².